The zero-order valence-corrected chi connectivity index (χ0v) is 47.8. The third-order valence-corrected chi connectivity index (χ3v) is 12.4. The zero-order chi connectivity index (χ0) is 53.6. The average Bonchev–Trinajstić information content (AvgIpc) is 3.40. The van der Waals surface area contributed by atoms with Crippen LogP contribution in [0.3, 0.4) is 0 Å². The van der Waals surface area contributed by atoms with Crippen LogP contribution >= 0.6 is 0 Å². The van der Waals surface area contributed by atoms with Gasteiger partial charge in [0, 0.05) is 19.3 Å². The van der Waals surface area contributed by atoms with Gasteiger partial charge in [-0.15, -0.1) is 0 Å². The van der Waals surface area contributed by atoms with Crippen LogP contribution in [0.5, 0.6) is 0 Å². The van der Waals surface area contributed by atoms with Crippen LogP contribution in [0.4, 0.5) is 0 Å². The summed E-state index contributed by atoms with van der Waals surface area (Å²) in [5.74, 6) is -1.07. The first kappa shape index (κ1) is 69.5. The SMILES string of the molecule is CC/C=C\C/C=C\C/C=C\C/C=C\C/C=C\C/C=C\C/C=C\CCCC(=O)OCC(COC(=O)CC/C=C\C/C=C\C/C=C\C/C=C\CC)OC(=O)CCCCCCCCCCCCCCCCCCCCCC. The van der Waals surface area contributed by atoms with Crippen molar-refractivity contribution in [2.24, 2.45) is 0 Å². The van der Waals surface area contributed by atoms with E-state index in [1.54, 1.807) is 0 Å². The number of carbonyl (C=O) groups is 3. The Morgan fingerprint density at radius 2 is 0.554 bits per heavy atom. The fourth-order valence-electron chi connectivity index (χ4n) is 7.98. The van der Waals surface area contributed by atoms with Gasteiger partial charge < -0.3 is 14.2 Å². The lowest BCUT2D eigenvalue weighted by molar-refractivity contribution is -0.166. The highest BCUT2D eigenvalue weighted by molar-refractivity contribution is 5.71. The molecular weight excluding hydrogens is 913 g/mol. The Morgan fingerprint density at radius 3 is 0.892 bits per heavy atom. The maximum absolute atomic E-state index is 12.9. The minimum atomic E-state index is -0.834. The van der Waals surface area contributed by atoms with E-state index in [-0.39, 0.29) is 44.0 Å². The summed E-state index contributed by atoms with van der Waals surface area (Å²) in [4.78, 5) is 38.2. The van der Waals surface area contributed by atoms with Crippen LogP contribution in [0.1, 0.15) is 258 Å². The van der Waals surface area contributed by atoms with Gasteiger partial charge in [0.15, 0.2) is 6.10 Å². The zero-order valence-electron chi connectivity index (χ0n) is 47.8. The van der Waals surface area contributed by atoms with Gasteiger partial charge in [-0.25, -0.2) is 0 Å². The minimum Gasteiger partial charge on any atom is -0.462 e. The van der Waals surface area contributed by atoms with Crippen molar-refractivity contribution < 1.29 is 28.6 Å². The predicted molar refractivity (Wildman–Crippen MR) is 320 cm³/mol. The Morgan fingerprint density at radius 1 is 0.284 bits per heavy atom. The molecular formula is C68H110O6. The summed E-state index contributed by atoms with van der Waals surface area (Å²) in [6.45, 7) is 6.31. The molecule has 0 heterocycles. The number of allylic oxidation sites excluding steroid dienone is 22. The van der Waals surface area contributed by atoms with Gasteiger partial charge >= 0.3 is 17.9 Å². The molecule has 0 aliphatic carbocycles. The molecule has 0 radical (unpaired) electrons. The molecule has 6 heteroatoms. The second kappa shape index (κ2) is 61.1. The molecule has 418 valence electrons. The Balaban J connectivity index is 4.50. The molecule has 0 aromatic carbocycles. The van der Waals surface area contributed by atoms with Crippen molar-refractivity contribution in [3.8, 4) is 0 Å². The Kier molecular flexibility index (Phi) is 57.4. The largest absolute Gasteiger partial charge is 0.462 e. The van der Waals surface area contributed by atoms with Crippen molar-refractivity contribution in [3.63, 3.8) is 0 Å². The summed E-state index contributed by atoms with van der Waals surface area (Å²) in [5.41, 5.74) is 0. The van der Waals surface area contributed by atoms with E-state index in [4.69, 9.17) is 14.2 Å². The first-order chi connectivity index (χ1) is 36.5. The van der Waals surface area contributed by atoms with Crippen molar-refractivity contribution in [1.29, 1.82) is 0 Å². The van der Waals surface area contributed by atoms with E-state index in [0.29, 0.717) is 19.3 Å². The van der Waals surface area contributed by atoms with Crippen LogP contribution in [0.15, 0.2) is 134 Å². The molecule has 0 spiro atoms. The molecule has 0 saturated carbocycles. The second-order valence-electron chi connectivity index (χ2n) is 19.5. The molecule has 1 atom stereocenters. The summed E-state index contributed by atoms with van der Waals surface area (Å²) in [6.07, 6.45) is 86.2. The molecule has 0 fully saturated rings. The molecule has 74 heavy (non-hydrogen) atoms. The third-order valence-electron chi connectivity index (χ3n) is 12.4. The van der Waals surface area contributed by atoms with Crippen molar-refractivity contribution in [1.82, 2.24) is 0 Å². The second-order valence-corrected chi connectivity index (χ2v) is 19.5. The third kappa shape index (κ3) is 58.4. The maximum Gasteiger partial charge on any atom is 0.306 e. The maximum atomic E-state index is 12.9. The van der Waals surface area contributed by atoms with Crippen LogP contribution in [0, 0.1) is 0 Å². The van der Waals surface area contributed by atoms with Gasteiger partial charge in [0.1, 0.15) is 13.2 Å². The van der Waals surface area contributed by atoms with Crippen LogP contribution in [-0.2, 0) is 28.6 Å². The number of hydrogen-bond acceptors (Lipinski definition) is 6. The van der Waals surface area contributed by atoms with E-state index in [1.807, 2.05) is 12.2 Å². The number of rotatable bonds is 53. The standard InChI is InChI=1S/C68H110O6/c1-4-7-10-13-16-19-22-25-27-29-31-33-34-35-37-38-40-43-46-49-52-55-58-61-67(70)73-64-65(63-72-66(69)60-57-54-51-48-45-42-24-21-18-15-12-9-6-3)74-68(71)62-59-56-53-50-47-44-41-39-36-32-30-28-26-23-20-17-14-11-8-5-2/h7,9-10,12,16,18-19,21,25,27,31,33,35,37,40,42-43,45,49,51-52,54,65H,4-6,8,11,13-15,17,20,22-24,26,28-30,32,34,36,38-39,41,44,46-48,50,53,55-64H2,1-3H3/b10-7-,12-9-,19-16-,21-18-,27-25-,33-31-,37-35-,43-40-,45-42-,52-49-,54-51-. The highest BCUT2D eigenvalue weighted by atomic mass is 16.6. The number of ether oxygens (including phenoxy) is 3. The summed E-state index contributed by atoms with van der Waals surface area (Å²) < 4.78 is 16.8. The van der Waals surface area contributed by atoms with Gasteiger partial charge in [0.05, 0.1) is 0 Å². The van der Waals surface area contributed by atoms with Gasteiger partial charge in [-0.2, -0.15) is 0 Å². The molecule has 0 amide bonds. The van der Waals surface area contributed by atoms with Crippen molar-refractivity contribution in [2.75, 3.05) is 13.2 Å². The summed E-state index contributed by atoms with van der Waals surface area (Å²) in [7, 11) is 0. The molecule has 1 unspecified atom stereocenters. The van der Waals surface area contributed by atoms with Crippen LogP contribution in [0.25, 0.3) is 0 Å². The fraction of sp³-hybridized carbons (Fsp3) is 0.632. The Hall–Kier alpha value is -4.45. The smallest absolute Gasteiger partial charge is 0.306 e. The number of carbonyl (C=O) groups excluding carboxylic acids is 3. The van der Waals surface area contributed by atoms with Crippen LogP contribution < -0.4 is 0 Å². The van der Waals surface area contributed by atoms with Crippen LogP contribution in [0.2, 0.25) is 0 Å². The Bertz CT molecular complexity index is 1600. The molecule has 0 aromatic rings. The monoisotopic (exact) mass is 1020 g/mol. The normalized spacial score (nSPS) is 13.1. The lowest BCUT2D eigenvalue weighted by Crippen LogP contribution is -2.30. The molecule has 0 aliphatic heterocycles. The highest BCUT2D eigenvalue weighted by Gasteiger charge is 2.19. The van der Waals surface area contributed by atoms with Crippen molar-refractivity contribution in [2.45, 2.75) is 264 Å². The fourth-order valence-corrected chi connectivity index (χ4v) is 7.98. The van der Waals surface area contributed by atoms with E-state index in [9.17, 15) is 14.4 Å². The average molecular weight is 1020 g/mol. The summed E-state index contributed by atoms with van der Waals surface area (Å²) >= 11 is 0. The van der Waals surface area contributed by atoms with E-state index in [1.165, 1.54) is 109 Å². The quantitative estimate of drug-likeness (QED) is 0.0261. The number of esters is 3. The predicted octanol–water partition coefficient (Wildman–Crippen LogP) is 20.6. The summed E-state index contributed by atoms with van der Waals surface area (Å²) in [5, 5.41) is 0. The van der Waals surface area contributed by atoms with Gasteiger partial charge in [0.25, 0.3) is 0 Å². The van der Waals surface area contributed by atoms with Crippen molar-refractivity contribution in [3.05, 3.63) is 134 Å². The molecule has 0 aliphatic rings. The Labute approximate surface area is 455 Å². The lowest BCUT2D eigenvalue weighted by atomic mass is 10.0. The molecule has 0 aromatic heterocycles. The molecule has 0 bridgehead atoms. The number of hydrogen-bond donors (Lipinski definition) is 0. The van der Waals surface area contributed by atoms with Crippen molar-refractivity contribution >= 4 is 17.9 Å². The van der Waals surface area contributed by atoms with E-state index in [2.05, 4.69) is 142 Å². The number of unbranched alkanes of at least 4 members (excludes halogenated alkanes) is 20. The van der Waals surface area contributed by atoms with Gasteiger partial charge in [-0.3, -0.25) is 14.4 Å². The van der Waals surface area contributed by atoms with Gasteiger partial charge in [-0.1, -0.05) is 276 Å². The highest BCUT2D eigenvalue weighted by Crippen LogP contribution is 2.16. The molecule has 0 rings (SSSR count). The van der Waals surface area contributed by atoms with Gasteiger partial charge in [-0.05, 0) is 96.3 Å². The van der Waals surface area contributed by atoms with Crippen LogP contribution in [-0.4, -0.2) is 37.2 Å². The van der Waals surface area contributed by atoms with Gasteiger partial charge in [0.2, 0.25) is 0 Å². The van der Waals surface area contributed by atoms with E-state index >= 15 is 0 Å². The first-order valence-electron chi connectivity index (χ1n) is 30.2. The van der Waals surface area contributed by atoms with E-state index < -0.39 is 6.10 Å². The molecule has 6 nitrogen and oxygen atoms in total. The molecule has 0 saturated heterocycles. The molecule has 0 N–H and O–H groups in total. The topological polar surface area (TPSA) is 78.9 Å². The summed E-state index contributed by atoms with van der Waals surface area (Å²) in [6, 6.07) is 0. The van der Waals surface area contributed by atoms with E-state index in [0.717, 1.165) is 96.3 Å². The first-order valence-corrected chi connectivity index (χ1v) is 30.2. The minimum absolute atomic E-state index is 0.132. The lowest BCUT2D eigenvalue weighted by Gasteiger charge is -2.18.